The number of nitrogens with zero attached hydrogens (tertiary/aromatic N) is 1. The lowest BCUT2D eigenvalue weighted by Crippen LogP contribution is -2.44. The van der Waals surface area contributed by atoms with Gasteiger partial charge < -0.3 is 25.1 Å². The van der Waals surface area contributed by atoms with Gasteiger partial charge in [-0.3, -0.25) is 9.79 Å². The Bertz CT molecular complexity index is 627. The summed E-state index contributed by atoms with van der Waals surface area (Å²) in [6.07, 6.45) is 1.57. The van der Waals surface area contributed by atoms with Crippen LogP contribution in [-0.4, -0.2) is 38.6 Å². The topological polar surface area (TPSA) is 87.9 Å². The van der Waals surface area contributed by atoms with Crippen molar-refractivity contribution in [3.8, 4) is 5.75 Å². The van der Waals surface area contributed by atoms with Gasteiger partial charge in [0.1, 0.15) is 18.1 Å². The molecule has 7 nitrogen and oxygen atoms in total. The van der Waals surface area contributed by atoms with Gasteiger partial charge in [-0.1, -0.05) is 18.2 Å². The normalized spacial score (nSPS) is 11.0. The standard InChI is InChI=1S/C17H22N4O3/c1-18-17(19-9-11-24-14-6-3-2-4-7-14)21-13-16(22)20-12-15-8-5-10-23-15/h2-8,10H,9,11-13H2,1H3,(H,20,22)(H2,18,19,21). The van der Waals surface area contributed by atoms with Gasteiger partial charge in [0.25, 0.3) is 0 Å². The van der Waals surface area contributed by atoms with Gasteiger partial charge in [-0.25, -0.2) is 0 Å². The molecule has 0 fully saturated rings. The van der Waals surface area contributed by atoms with Crippen molar-refractivity contribution in [3.05, 3.63) is 54.5 Å². The van der Waals surface area contributed by atoms with Crippen molar-refractivity contribution in [2.45, 2.75) is 6.54 Å². The Morgan fingerprint density at radius 3 is 2.67 bits per heavy atom. The zero-order chi connectivity index (χ0) is 17.0. The molecule has 0 aliphatic rings. The highest BCUT2D eigenvalue weighted by atomic mass is 16.5. The van der Waals surface area contributed by atoms with E-state index in [-0.39, 0.29) is 12.5 Å². The van der Waals surface area contributed by atoms with Gasteiger partial charge in [-0.15, -0.1) is 0 Å². The summed E-state index contributed by atoms with van der Waals surface area (Å²) in [5.41, 5.74) is 0. The number of benzene rings is 1. The Hall–Kier alpha value is -2.96. The van der Waals surface area contributed by atoms with Crippen molar-refractivity contribution < 1.29 is 13.9 Å². The molecule has 0 spiro atoms. The molecule has 0 unspecified atom stereocenters. The summed E-state index contributed by atoms with van der Waals surface area (Å²) in [5.74, 6) is 1.93. The van der Waals surface area contributed by atoms with E-state index in [1.54, 1.807) is 25.4 Å². The Morgan fingerprint density at radius 2 is 1.96 bits per heavy atom. The Balaban J connectivity index is 1.58. The number of rotatable bonds is 8. The van der Waals surface area contributed by atoms with E-state index in [9.17, 15) is 4.79 Å². The van der Waals surface area contributed by atoms with Crippen molar-refractivity contribution in [2.24, 2.45) is 4.99 Å². The van der Waals surface area contributed by atoms with Crippen LogP contribution < -0.4 is 20.7 Å². The molecule has 128 valence electrons. The Morgan fingerprint density at radius 1 is 1.12 bits per heavy atom. The predicted octanol–water partition coefficient (Wildman–Crippen LogP) is 1.14. The maximum atomic E-state index is 11.8. The lowest BCUT2D eigenvalue weighted by molar-refractivity contribution is -0.120. The van der Waals surface area contributed by atoms with Crippen LogP contribution in [0.25, 0.3) is 0 Å². The number of aliphatic imine (C=N–C) groups is 1. The molecule has 1 aromatic carbocycles. The molecule has 0 bridgehead atoms. The van der Waals surface area contributed by atoms with Crippen LogP contribution in [0.15, 0.2) is 58.1 Å². The van der Waals surface area contributed by atoms with Crippen LogP contribution in [0.3, 0.4) is 0 Å². The van der Waals surface area contributed by atoms with E-state index < -0.39 is 0 Å². The second-order valence-corrected chi connectivity index (χ2v) is 4.87. The molecule has 1 aromatic heterocycles. The third-order valence-electron chi connectivity index (χ3n) is 3.09. The molecular formula is C17H22N4O3. The van der Waals surface area contributed by atoms with E-state index in [2.05, 4.69) is 20.9 Å². The quantitative estimate of drug-likeness (QED) is 0.384. The van der Waals surface area contributed by atoms with E-state index in [4.69, 9.17) is 9.15 Å². The summed E-state index contributed by atoms with van der Waals surface area (Å²) in [6.45, 7) is 1.56. The lowest BCUT2D eigenvalue weighted by atomic mass is 10.3. The first-order chi connectivity index (χ1) is 11.8. The Kier molecular flexibility index (Phi) is 7.20. The molecule has 0 saturated carbocycles. The van der Waals surface area contributed by atoms with Crippen molar-refractivity contribution in [3.63, 3.8) is 0 Å². The van der Waals surface area contributed by atoms with Gasteiger partial charge in [0, 0.05) is 7.05 Å². The maximum Gasteiger partial charge on any atom is 0.239 e. The number of para-hydroxylation sites is 1. The summed E-state index contributed by atoms with van der Waals surface area (Å²) in [6, 6.07) is 13.2. The number of furan rings is 1. The average molecular weight is 330 g/mol. The van der Waals surface area contributed by atoms with Crippen molar-refractivity contribution in [1.82, 2.24) is 16.0 Å². The minimum Gasteiger partial charge on any atom is -0.492 e. The number of guanidine groups is 1. The summed E-state index contributed by atoms with van der Waals surface area (Å²) in [7, 11) is 1.65. The molecule has 7 heteroatoms. The van der Waals surface area contributed by atoms with Crippen LogP contribution in [0, 0.1) is 0 Å². The third-order valence-corrected chi connectivity index (χ3v) is 3.09. The second kappa shape index (κ2) is 9.94. The number of carbonyl (C=O) groups excluding carboxylic acids is 1. The highest BCUT2D eigenvalue weighted by Gasteiger charge is 2.04. The van der Waals surface area contributed by atoms with Gasteiger partial charge in [0.15, 0.2) is 5.96 Å². The fraction of sp³-hybridized carbons (Fsp3) is 0.294. The molecule has 3 N–H and O–H groups in total. The summed E-state index contributed by atoms with van der Waals surface area (Å²) >= 11 is 0. The highest BCUT2D eigenvalue weighted by Crippen LogP contribution is 2.07. The van der Waals surface area contributed by atoms with Gasteiger partial charge >= 0.3 is 0 Å². The van der Waals surface area contributed by atoms with E-state index in [0.717, 1.165) is 5.75 Å². The predicted molar refractivity (Wildman–Crippen MR) is 91.9 cm³/mol. The molecule has 24 heavy (non-hydrogen) atoms. The average Bonchev–Trinajstić information content (AvgIpc) is 3.14. The number of carbonyl (C=O) groups is 1. The van der Waals surface area contributed by atoms with Crippen LogP contribution in [0.4, 0.5) is 0 Å². The van der Waals surface area contributed by atoms with Crippen LogP contribution in [0.2, 0.25) is 0 Å². The van der Waals surface area contributed by atoms with Crippen LogP contribution >= 0.6 is 0 Å². The number of nitrogens with one attached hydrogen (secondary N) is 3. The highest BCUT2D eigenvalue weighted by molar-refractivity contribution is 5.86. The van der Waals surface area contributed by atoms with E-state index in [1.165, 1.54) is 0 Å². The lowest BCUT2D eigenvalue weighted by Gasteiger charge is -2.12. The first kappa shape index (κ1) is 17.4. The van der Waals surface area contributed by atoms with Crippen LogP contribution in [0.5, 0.6) is 5.75 Å². The molecule has 2 rings (SSSR count). The van der Waals surface area contributed by atoms with E-state index >= 15 is 0 Å². The maximum absolute atomic E-state index is 11.8. The monoisotopic (exact) mass is 330 g/mol. The molecular weight excluding hydrogens is 308 g/mol. The molecule has 0 saturated heterocycles. The SMILES string of the molecule is CN=C(NCCOc1ccccc1)NCC(=O)NCc1ccco1. The largest absolute Gasteiger partial charge is 0.492 e. The molecule has 1 heterocycles. The minimum atomic E-state index is -0.144. The van der Waals surface area contributed by atoms with E-state index in [0.29, 0.717) is 31.4 Å². The van der Waals surface area contributed by atoms with Crippen molar-refractivity contribution in [1.29, 1.82) is 0 Å². The zero-order valence-electron chi connectivity index (χ0n) is 13.6. The van der Waals surface area contributed by atoms with Gasteiger partial charge in [-0.05, 0) is 24.3 Å². The molecule has 1 amide bonds. The summed E-state index contributed by atoms with van der Waals surface area (Å²) in [5, 5.41) is 8.77. The van der Waals surface area contributed by atoms with Crippen LogP contribution in [-0.2, 0) is 11.3 Å². The Labute approximate surface area is 141 Å². The third kappa shape index (κ3) is 6.43. The molecule has 2 aromatic rings. The number of hydrogen-bond donors (Lipinski definition) is 3. The van der Waals surface area contributed by atoms with Gasteiger partial charge in [0.05, 0.1) is 25.9 Å². The first-order valence-corrected chi connectivity index (χ1v) is 7.69. The van der Waals surface area contributed by atoms with Gasteiger partial charge in [-0.2, -0.15) is 0 Å². The fourth-order valence-corrected chi connectivity index (χ4v) is 1.90. The fourth-order valence-electron chi connectivity index (χ4n) is 1.90. The number of hydrogen-bond acceptors (Lipinski definition) is 4. The zero-order valence-corrected chi connectivity index (χ0v) is 13.6. The van der Waals surface area contributed by atoms with Crippen molar-refractivity contribution in [2.75, 3.05) is 26.7 Å². The van der Waals surface area contributed by atoms with E-state index in [1.807, 2.05) is 30.3 Å². The molecule has 0 atom stereocenters. The molecule has 0 aliphatic carbocycles. The number of amides is 1. The number of ether oxygens (including phenoxy) is 1. The minimum absolute atomic E-state index is 0.125. The first-order valence-electron chi connectivity index (χ1n) is 7.69. The van der Waals surface area contributed by atoms with Crippen LogP contribution in [0.1, 0.15) is 5.76 Å². The molecule has 0 radical (unpaired) electrons. The molecule has 0 aliphatic heterocycles. The second-order valence-electron chi connectivity index (χ2n) is 4.87. The smallest absolute Gasteiger partial charge is 0.239 e. The summed E-state index contributed by atoms with van der Waals surface area (Å²) < 4.78 is 10.7. The van der Waals surface area contributed by atoms with Crippen molar-refractivity contribution >= 4 is 11.9 Å². The van der Waals surface area contributed by atoms with Gasteiger partial charge in [0.2, 0.25) is 5.91 Å². The summed E-state index contributed by atoms with van der Waals surface area (Å²) in [4.78, 5) is 15.8.